The minimum atomic E-state index is 0.856. The molecule has 0 unspecified atom stereocenters. The number of hydrogen-bond donors (Lipinski definition) is 0. The highest BCUT2D eigenvalue weighted by Gasteiger charge is 2.06. The zero-order valence-electron chi connectivity index (χ0n) is 10.9. The summed E-state index contributed by atoms with van der Waals surface area (Å²) in [6.45, 7) is 3.78. The van der Waals surface area contributed by atoms with Crippen molar-refractivity contribution in [3.63, 3.8) is 0 Å². The van der Waals surface area contributed by atoms with E-state index in [0.717, 1.165) is 23.1 Å². The number of hydrogen-bond acceptors (Lipinski definition) is 5. The zero-order valence-corrected chi connectivity index (χ0v) is 12.5. The Labute approximate surface area is 116 Å². The Hall–Kier alpha value is -0.910. The van der Waals surface area contributed by atoms with Crippen molar-refractivity contribution in [2.75, 3.05) is 13.3 Å². The summed E-state index contributed by atoms with van der Waals surface area (Å²) in [6.07, 6.45) is 2.10. The molecule has 0 aliphatic carbocycles. The molecule has 3 nitrogen and oxygen atoms in total. The van der Waals surface area contributed by atoms with E-state index in [9.17, 15) is 0 Å². The zero-order chi connectivity index (χ0) is 13.0. The van der Waals surface area contributed by atoms with Crippen LogP contribution in [0, 0.1) is 6.92 Å². The molecule has 0 aliphatic rings. The molecular weight excluding hydrogens is 262 g/mol. The molecule has 0 amide bonds. The summed E-state index contributed by atoms with van der Waals surface area (Å²) < 4.78 is 0. The van der Waals surface area contributed by atoms with Crippen LogP contribution in [0.1, 0.15) is 15.6 Å². The highest BCUT2D eigenvalue weighted by molar-refractivity contribution is 7.98. The van der Waals surface area contributed by atoms with E-state index in [1.807, 2.05) is 6.92 Å². The van der Waals surface area contributed by atoms with Gasteiger partial charge in [-0.1, -0.05) is 12.1 Å². The minimum absolute atomic E-state index is 0.856. The first-order valence-electron chi connectivity index (χ1n) is 5.78. The van der Waals surface area contributed by atoms with Gasteiger partial charge in [-0.05, 0) is 37.9 Å². The van der Waals surface area contributed by atoms with Crippen molar-refractivity contribution in [1.82, 2.24) is 15.1 Å². The Balaban J connectivity index is 1.96. The van der Waals surface area contributed by atoms with Crippen molar-refractivity contribution < 1.29 is 0 Å². The fourth-order valence-electron chi connectivity index (χ4n) is 1.77. The van der Waals surface area contributed by atoms with Crippen LogP contribution in [0.3, 0.4) is 0 Å². The van der Waals surface area contributed by atoms with Gasteiger partial charge < -0.3 is 0 Å². The van der Waals surface area contributed by atoms with E-state index >= 15 is 0 Å². The largest absolute Gasteiger partial charge is 0.295 e. The minimum Gasteiger partial charge on any atom is -0.295 e. The fourth-order valence-corrected chi connectivity index (χ4v) is 3.04. The maximum atomic E-state index is 4.15. The molecule has 0 saturated carbocycles. The Morgan fingerprint density at radius 1 is 1.28 bits per heavy atom. The summed E-state index contributed by atoms with van der Waals surface area (Å²) in [5, 5.41) is 10.3. The quantitative estimate of drug-likeness (QED) is 0.786. The number of nitrogens with zero attached hydrogens (tertiary/aromatic N) is 3. The van der Waals surface area contributed by atoms with Crippen molar-refractivity contribution >= 4 is 23.1 Å². The predicted octanol–water partition coefficient (Wildman–Crippen LogP) is 3.20. The normalized spacial score (nSPS) is 11.1. The molecule has 1 aromatic carbocycles. The summed E-state index contributed by atoms with van der Waals surface area (Å²) >= 11 is 3.44. The van der Waals surface area contributed by atoms with E-state index in [4.69, 9.17) is 0 Å². The standard InChI is InChI=1S/C13H17N3S2/c1-10-14-15-13(18-10)9-16(2)8-11-5-4-6-12(7-11)17-3/h4-7H,8-9H2,1-3H3. The third-order valence-electron chi connectivity index (χ3n) is 2.56. The Bertz CT molecular complexity index is 510. The first-order valence-corrected chi connectivity index (χ1v) is 7.82. The average molecular weight is 279 g/mol. The summed E-state index contributed by atoms with van der Waals surface area (Å²) in [5.74, 6) is 0. The molecule has 0 radical (unpaired) electrons. The van der Waals surface area contributed by atoms with E-state index in [1.165, 1.54) is 10.5 Å². The maximum absolute atomic E-state index is 4.15. The molecule has 0 bridgehead atoms. The van der Waals surface area contributed by atoms with Gasteiger partial charge in [0.05, 0.1) is 6.54 Å². The molecule has 0 N–H and O–H groups in total. The molecule has 1 aromatic heterocycles. The third kappa shape index (κ3) is 3.80. The SMILES string of the molecule is CSc1cccc(CN(C)Cc2nnc(C)s2)c1. The molecular formula is C13H17N3S2. The monoisotopic (exact) mass is 279 g/mol. The van der Waals surface area contributed by atoms with Crippen LogP contribution in [0.15, 0.2) is 29.2 Å². The van der Waals surface area contributed by atoms with Gasteiger partial charge >= 0.3 is 0 Å². The fraction of sp³-hybridized carbons (Fsp3) is 0.385. The number of aromatic nitrogens is 2. The lowest BCUT2D eigenvalue weighted by Crippen LogP contribution is -2.17. The Morgan fingerprint density at radius 2 is 2.11 bits per heavy atom. The maximum Gasteiger partial charge on any atom is 0.131 e. The number of rotatable bonds is 5. The Morgan fingerprint density at radius 3 is 2.78 bits per heavy atom. The molecule has 5 heteroatoms. The van der Waals surface area contributed by atoms with Crippen LogP contribution >= 0.6 is 23.1 Å². The summed E-state index contributed by atoms with van der Waals surface area (Å²) in [7, 11) is 2.11. The van der Waals surface area contributed by atoms with Gasteiger partial charge in [-0.2, -0.15) is 0 Å². The van der Waals surface area contributed by atoms with Crippen LogP contribution in [0.4, 0.5) is 0 Å². The highest BCUT2D eigenvalue weighted by atomic mass is 32.2. The van der Waals surface area contributed by atoms with E-state index in [1.54, 1.807) is 23.1 Å². The van der Waals surface area contributed by atoms with Gasteiger partial charge in [0.15, 0.2) is 0 Å². The van der Waals surface area contributed by atoms with Gasteiger partial charge in [0.1, 0.15) is 10.0 Å². The molecule has 0 aliphatic heterocycles. The third-order valence-corrected chi connectivity index (χ3v) is 4.11. The Kier molecular flexibility index (Phi) is 4.74. The van der Waals surface area contributed by atoms with Gasteiger partial charge in [0.25, 0.3) is 0 Å². The van der Waals surface area contributed by atoms with Crippen LogP contribution in [-0.2, 0) is 13.1 Å². The average Bonchev–Trinajstić information content (AvgIpc) is 2.74. The van der Waals surface area contributed by atoms with Gasteiger partial charge in [0, 0.05) is 11.4 Å². The second kappa shape index (κ2) is 6.31. The second-order valence-electron chi connectivity index (χ2n) is 4.24. The van der Waals surface area contributed by atoms with Gasteiger partial charge in [-0.3, -0.25) is 4.90 Å². The van der Waals surface area contributed by atoms with Crippen LogP contribution in [-0.4, -0.2) is 28.4 Å². The molecule has 18 heavy (non-hydrogen) atoms. The van der Waals surface area contributed by atoms with Crippen molar-refractivity contribution in [2.24, 2.45) is 0 Å². The smallest absolute Gasteiger partial charge is 0.131 e. The molecule has 0 atom stereocenters. The van der Waals surface area contributed by atoms with Gasteiger partial charge in [-0.15, -0.1) is 33.3 Å². The van der Waals surface area contributed by atoms with E-state index in [0.29, 0.717) is 0 Å². The van der Waals surface area contributed by atoms with Gasteiger partial charge in [0.2, 0.25) is 0 Å². The summed E-state index contributed by atoms with van der Waals surface area (Å²) in [4.78, 5) is 3.58. The van der Waals surface area contributed by atoms with Crippen LogP contribution in [0.2, 0.25) is 0 Å². The van der Waals surface area contributed by atoms with Crippen LogP contribution in [0.25, 0.3) is 0 Å². The summed E-state index contributed by atoms with van der Waals surface area (Å²) in [5.41, 5.74) is 1.34. The van der Waals surface area contributed by atoms with Crippen LogP contribution in [0.5, 0.6) is 0 Å². The van der Waals surface area contributed by atoms with Crippen molar-refractivity contribution in [3.8, 4) is 0 Å². The molecule has 0 saturated heterocycles. The van der Waals surface area contributed by atoms with E-state index in [2.05, 4.69) is 52.7 Å². The van der Waals surface area contributed by atoms with E-state index < -0.39 is 0 Å². The van der Waals surface area contributed by atoms with Crippen molar-refractivity contribution in [1.29, 1.82) is 0 Å². The first-order chi connectivity index (χ1) is 8.67. The molecule has 96 valence electrons. The lowest BCUT2D eigenvalue weighted by atomic mass is 10.2. The molecule has 0 spiro atoms. The topological polar surface area (TPSA) is 29.0 Å². The summed E-state index contributed by atoms with van der Waals surface area (Å²) in [6, 6.07) is 8.67. The molecule has 1 heterocycles. The van der Waals surface area contributed by atoms with Crippen molar-refractivity contribution in [2.45, 2.75) is 24.9 Å². The van der Waals surface area contributed by atoms with Crippen LogP contribution < -0.4 is 0 Å². The molecule has 2 aromatic rings. The second-order valence-corrected chi connectivity index (χ2v) is 6.38. The number of benzene rings is 1. The number of thioether (sulfide) groups is 1. The van der Waals surface area contributed by atoms with E-state index in [-0.39, 0.29) is 0 Å². The lowest BCUT2D eigenvalue weighted by Gasteiger charge is -2.15. The lowest BCUT2D eigenvalue weighted by molar-refractivity contribution is 0.317. The highest BCUT2D eigenvalue weighted by Crippen LogP contribution is 2.17. The van der Waals surface area contributed by atoms with Gasteiger partial charge in [-0.25, -0.2) is 0 Å². The van der Waals surface area contributed by atoms with Crippen molar-refractivity contribution in [3.05, 3.63) is 39.8 Å². The number of aryl methyl sites for hydroxylation is 1. The molecule has 2 rings (SSSR count). The molecule has 0 fully saturated rings. The predicted molar refractivity (Wildman–Crippen MR) is 78.0 cm³/mol. The first kappa shape index (κ1) is 13.5.